The van der Waals surface area contributed by atoms with Gasteiger partial charge >= 0.3 is 0 Å². The van der Waals surface area contributed by atoms with Crippen LogP contribution in [-0.4, -0.2) is 29.4 Å². The first kappa shape index (κ1) is 27.9. The molecule has 2 atom stereocenters. The second-order valence-electron chi connectivity index (χ2n) is 8.54. The van der Waals surface area contributed by atoms with Crippen LogP contribution in [0, 0.1) is 0 Å². The molecule has 0 amide bonds. The van der Waals surface area contributed by atoms with Crippen LogP contribution in [0.15, 0.2) is 0 Å². The summed E-state index contributed by atoms with van der Waals surface area (Å²) in [5.41, 5.74) is 0. The van der Waals surface area contributed by atoms with Gasteiger partial charge in [-0.05, 0) is 25.7 Å². The van der Waals surface area contributed by atoms with Crippen molar-refractivity contribution in [2.24, 2.45) is 0 Å². The molecule has 0 aliphatic carbocycles. The molecule has 0 fully saturated rings. The number of unbranched alkanes of at least 4 members (excludes halogenated alkanes) is 12. The Kier molecular flexibility index (Phi) is 18.8. The summed E-state index contributed by atoms with van der Waals surface area (Å²) in [5, 5.41) is 9.43. The standard InChI is InChI=1S/C23H48O4S/c1-3-5-7-10-14-18-22(24)19-15-12-9-13-17-21-23(28(25,26)27)20-16-11-8-6-4-2/h22-24H,3-21H2,1-2H3,(H,25,26,27). The van der Waals surface area contributed by atoms with Gasteiger partial charge in [0.1, 0.15) is 0 Å². The summed E-state index contributed by atoms with van der Waals surface area (Å²) in [4.78, 5) is 0. The van der Waals surface area contributed by atoms with Gasteiger partial charge in [-0.2, -0.15) is 8.42 Å². The van der Waals surface area contributed by atoms with E-state index in [2.05, 4.69) is 13.8 Å². The summed E-state index contributed by atoms with van der Waals surface area (Å²) in [7, 11) is -3.91. The van der Waals surface area contributed by atoms with Crippen molar-refractivity contribution in [2.45, 2.75) is 147 Å². The molecule has 0 aromatic carbocycles. The predicted molar refractivity (Wildman–Crippen MR) is 120 cm³/mol. The molecule has 0 saturated heterocycles. The van der Waals surface area contributed by atoms with Crippen LogP contribution in [0.1, 0.15) is 136 Å². The molecule has 0 rings (SSSR count). The molecule has 0 aliphatic heterocycles. The van der Waals surface area contributed by atoms with Crippen LogP contribution in [0.25, 0.3) is 0 Å². The van der Waals surface area contributed by atoms with Crippen molar-refractivity contribution in [1.82, 2.24) is 0 Å². The van der Waals surface area contributed by atoms with E-state index in [0.29, 0.717) is 12.8 Å². The first-order valence-corrected chi connectivity index (χ1v) is 13.6. The van der Waals surface area contributed by atoms with Crippen molar-refractivity contribution >= 4 is 10.1 Å². The average Bonchev–Trinajstić information content (AvgIpc) is 2.64. The van der Waals surface area contributed by atoms with Gasteiger partial charge in [0.25, 0.3) is 10.1 Å². The van der Waals surface area contributed by atoms with E-state index < -0.39 is 15.4 Å². The second-order valence-corrected chi connectivity index (χ2v) is 10.2. The van der Waals surface area contributed by atoms with Gasteiger partial charge in [0.2, 0.25) is 0 Å². The maximum atomic E-state index is 11.6. The first-order valence-electron chi connectivity index (χ1n) is 12.1. The number of aliphatic hydroxyl groups excluding tert-OH is 1. The second kappa shape index (κ2) is 18.9. The molecule has 2 N–H and O–H groups in total. The van der Waals surface area contributed by atoms with Crippen LogP contribution in [0.2, 0.25) is 0 Å². The summed E-state index contributed by atoms with van der Waals surface area (Å²) in [5.74, 6) is 0. The number of rotatable bonds is 21. The predicted octanol–water partition coefficient (Wildman–Crippen LogP) is 7.06. The van der Waals surface area contributed by atoms with Crippen molar-refractivity contribution in [3.8, 4) is 0 Å². The summed E-state index contributed by atoms with van der Waals surface area (Å²) in [6.07, 6.45) is 19.6. The highest BCUT2D eigenvalue weighted by atomic mass is 32.2. The minimum absolute atomic E-state index is 0.154. The molecule has 0 aromatic rings. The van der Waals surface area contributed by atoms with E-state index in [1.165, 1.54) is 38.5 Å². The molecule has 2 unspecified atom stereocenters. The van der Waals surface area contributed by atoms with Gasteiger partial charge in [-0.25, -0.2) is 0 Å². The molecule has 0 aromatic heterocycles. The van der Waals surface area contributed by atoms with E-state index in [-0.39, 0.29) is 6.10 Å². The van der Waals surface area contributed by atoms with E-state index in [9.17, 15) is 18.1 Å². The van der Waals surface area contributed by atoms with Crippen LogP contribution in [0.4, 0.5) is 0 Å². The van der Waals surface area contributed by atoms with Crippen LogP contribution in [0.3, 0.4) is 0 Å². The van der Waals surface area contributed by atoms with Crippen molar-refractivity contribution < 1.29 is 18.1 Å². The smallest absolute Gasteiger partial charge is 0.267 e. The number of aliphatic hydroxyl groups is 1. The third-order valence-electron chi connectivity index (χ3n) is 5.76. The lowest BCUT2D eigenvalue weighted by molar-refractivity contribution is 0.147. The van der Waals surface area contributed by atoms with E-state index in [4.69, 9.17) is 0 Å². The Morgan fingerprint density at radius 3 is 1.25 bits per heavy atom. The minimum atomic E-state index is -3.91. The molecule has 0 bridgehead atoms. The Bertz CT molecular complexity index is 422. The zero-order valence-electron chi connectivity index (χ0n) is 18.7. The van der Waals surface area contributed by atoms with E-state index in [0.717, 1.165) is 70.6 Å². The number of hydrogen-bond donors (Lipinski definition) is 2. The summed E-state index contributed by atoms with van der Waals surface area (Å²) in [6.45, 7) is 4.38. The van der Waals surface area contributed by atoms with Crippen molar-refractivity contribution in [3.63, 3.8) is 0 Å². The fraction of sp³-hybridized carbons (Fsp3) is 1.00. The quantitative estimate of drug-likeness (QED) is 0.154. The van der Waals surface area contributed by atoms with Crippen LogP contribution < -0.4 is 0 Å². The van der Waals surface area contributed by atoms with Gasteiger partial charge in [0.05, 0.1) is 11.4 Å². The van der Waals surface area contributed by atoms with Crippen LogP contribution in [0.5, 0.6) is 0 Å². The lowest BCUT2D eigenvalue weighted by Crippen LogP contribution is -2.20. The highest BCUT2D eigenvalue weighted by Gasteiger charge is 2.21. The maximum Gasteiger partial charge on any atom is 0.267 e. The maximum absolute atomic E-state index is 11.6. The van der Waals surface area contributed by atoms with Crippen molar-refractivity contribution in [3.05, 3.63) is 0 Å². The third-order valence-corrected chi connectivity index (χ3v) is 7.07. The zero-order valence-corrected chi connectivity index (χ0v) is 19.5. The molecule has 5 heteroatoms. The summed E-state index contributed by atoms with van der Waals surface area (Å²) >= 11 is 0. The van der Waals surface area contributed by atoms with Gasteiger partial charge in [-0.3, -0.25) is 4.55 Å². The molecule has 0 spiro atoms. The zero-order chi connectivity index (χ0) is 21.1. The topological polar surface area (TPSA) is 74.6 Å². The van der Waals surface area contributed by atoms with Gasteiger partial charge < -0.3 is 5.11 Å². The lowest BCUT2D eigenvalue weighted by atomic mass is 10.0. The Morgan fingerprint density at radius 1 is 0.571 bits per heavy atom. The van der Waals surface area contributed by atoms with Crippen LogP contribution >= 0.6 is 0 Å². The first-order chi connectivity index (χ1) is 13.4. The highest BCUT2D eigenvalue weighted by molar-refractivity contribution is 7.86. The van der Waals surface area contributed by atoms with E-state index in [1.54, 1.807) is 0 Å². The third kappa shape index (κ3) is 17.9. The van der Waals surface area contributed by atoms with Gasteiger partial charge in [0.15, 0.2) is 0 Å². The molecule has 0 heterocycles. The lowest BCUT2D eigenvalue weighted by Gasteiger charge is -2.14. The van der Waals surface area contributed by atoms with Gasteiger partial charge in [-0.1, -0.05) is 110 Å². The normalized spacial score (nSPS) is 14.3. The molecule has 0 saturated carbocycles. The number of hydrogen-bond acceptors (Lipinski definition) is 3. The SMILES string of the molecule is CCCCCCCC(O)CCCCCCCC(CCCCCCC)S(=O)(=O)O. The Hall–Kier alpha value is -0.130. The average molecular weight is 421 g/mol. The van der Waals surface area contributed by atoms with Gasteiger partial charge in [0, 0.05) is 0 Å². The minimum Gasteiger partial charge on any atom is -0.393 e. The largest absolute Gasteiger partial charge is 0.393 e. The summed E-state index contributed by atoms with van der Waals surface area (Å²) < 4.78 is 32.6. The molecule has 170 valence electrons. The van der Waals surface area contributed by atoms with Crippen molar-refractivity contribution in [2.75, 3.05) is 0 Å². The molecule has 4 nitrogen and oxygen atoms in total. The van der Waals surface area contributed by atoms with Gasteiger partial charge in [-0.15, -0.1) is 0 Å². The highest BCUT2D eigenvalue weighted by Crippen LogP contribution is 2.19. The molecule has 0 radical (unpaired) electrons. The Labute approximate surface area is 175 Å². The Balaban J connectivity index is 3.68. The molecule has 0 aliphatic rings. The Morgan fingerprint density at radius 2 is 0.893 bits per heavy atom. The van der Waals surface area contributed by atoms with E-state index >= 15 is 0 Å². The molecular formula is C23H48O4S. The van der Waals surface area contributed by atoms with Crippen molar-refractivity contribution in [1.29, 1.82) is 0 Å². The molecule has 28 heavy (non-hydrogen) atoms. The van der Waals surface area contributed by atoms with Crippen LogP contribution in [-0.2, 0) is 10.1 Å². The van der Waals surface area contributed by atoms with E-state index in [1.807, 2.05) is 0 Å². The molecular weight excluding hydrogens is 372 g/mol. The fourth-order valence-corrected chi connectivity index (χ4v) is 4.76. The fourth-order valence-electron chi connectivity index (χ4n) is 3.83. The monoisotopic (exact) mass is 420 g/mol. The summed E-state index contributed by atoms with van der Waals surface area (Å²) in [6, 6.07) is 0.